The van der Waals surface area contributed by atoms with E-state index < -0.39 is 41.4 Å². The van der Waals surface area contributed by atoms with E-state index in [9.17, 15) is 19.2 Å². The lowest BCUT2D eigenvalue weighted by molar-refractivity contribution is -0.138. The van der Waals surface area contributed by atoms with E-state index in [2.05, 4.69) is 20.9 Å². The fourth-order valence-electron chi connectivity index (χ4n) is 2.91. The van der Waals surface area contributed by atoms with Crippen LogP contribution >= 0.6 is 0 Å². The van der Waals surface area contributed by atoms with Crippen LogP contribution in [0, 0.1) is 0 Å². The topological polar surface area (TPSA) is 144 Å². The Kier molecular flexibility index (Phi) is 9.87. The van der Waals surface area contributed by atoms with Crippen molar-refractivity contribution in [3.8, 4) is 0 Å². The molecule has 0 saturated heterocycles. The third-order valence-corrected chi connectivity index (χ3v) is 4.01. The van der Waals surface area contributed by atoms with E-state index >= 15 is 0 Å². The number of hydrogen-bond acceptors (Lipinski definition) is 7. The lowest BCUT2D eigenvalue weighted by atomic mass is 9.90. The van der Waals surface area contributed by atoms with E-state index in [0.717, 1.165) is 0 Å². The molecule has 2 atom stereocenters. The van der Waals surface area contributed by atoms with Crippen molar-refractivity contribution in [1.29, 1.82) is 0 Å². The van der Waals surface area contributed by atoms with Crippen LogP contribution in [0.25, 0.3) is 0 Å². The van der Waals surface area contributed by atoms with E-state index in [1.54, 1.807) is 54.5 Å². The molecule has 0 aromatic carbocycles. The van der Waals surface area contributed by atoms with Crippen molar-refractivity contribution in [2.75, 3.05) is 6.61 Å². The molecule has 0 saturated carbocycles. The van der Waals surface area contributed by atoms with Crippen molar-refractivity contribution in [2.24, 2.45) is 4.99 Å². The number of carbonyl (C=O) groups is 4. The van der Waals surface area contributed by atoms with Gasteiger partial charge in [0.25, 0.3) is 0 Å². The molecule has 0 spiro atoms. The molecule has 0 bridgehead atoms. The summed E-state index contributed by atoms with van der Waals surface area (Å²) in [6.45, 7) is 13.4. The Morgan fingerprint density at radius 3 is 2.12 bits per heavy atom. The molecule has 11 nitrogen and oxygen atoms in total. The summed E-state index contributed by atoms with van der Waals surface area (Å²) >= 11 is 0. The van der Waals surface area contributed by atoms with Gasteiger partial charge in [-0.15, -0.1) is 4.99 Å². The number of nitrogens with zero attached hydrogens (tertiary/aromatic N) is 1. The minimum atomic E-state index is -0.936. The predicted octanol–water partition coefficient (Wildman–Crippen LogP) is 2.55. The van der Waals surface area contributed by atoms with Crippen molar-refractivity contribution >= 4 is 30.0 Å². The molecule has 0 aromatic rings. The number of ether oxygens (including phenoxy) is 3. The molecule has 0 fully saturated rings. The average Bonchev–Trinajstić information content (AvgIpc) is 2.59. The molecule has 186 valence electrons. The number of nitrogens with one attached hydrogen (secondary N) is 3. The monoisotopic (exact) mass is 468 g/mol. The van der Waals surface area contributed by atoms with Gasteiger partial charge in [0.05, 0.1) is 18.7 Å². The van der Waals surface area contributed by atoms with E-state index in [1.165, 1.54) is 6.92 Å². The summed E-state index contributed by atoms with van der Waals surface area (Å²) in [5, 5.41) is 8.15. The zero-order chi connectivity index (χ0) is 25.4. The summed E-state index contributed by atoms with van der Waals surface area (Å²) in [7, 11) is 0. The van der Waals surface area contributed by atoms with Crippen LogP contribution < -0.4 is 16.0 Å². The maximum absolute atomic E-state index is 12.3. The minimum absolute atomic E-state index is 0.160. The highest BCUT2D eigenvalue weighted by Crippen LogP contribution is 2.21. The van der Waals surface area contributed by atoms with Crippen LogP contribution in [0.2, 0.25) is 0 Å². The highest BCUT2D eigenvalue weighted by Gasteiger charge is 2.31. The molecule has 0 heterocycles. The van der Waals surface area contributed by atoms with Crippen molar-refractivity contribution < 1.29 is 33.4 Å². The maximum Gasteiger partial charge on any atom is 0.437 e. The smallest absolute Gasteiger partial charge is 0.437 e. The van der Waals surface area contributed by atoms with E-state index in [1.807, 2.05) is 0 Å². The van der Waals surface area contributed by atoms with Gasteiger partial charge in [0, 0.05) is 18.9 Å². The molecule has 1 unspecified atom stereocenters. The van der Waals surface area contributed by atoms with Gasteiger partial charge in [-0.1, -0.05) is 6.08 Å². The second kappa shape index (κ2) is 11.7. The first-order chi connectivity index (χ1) is 15.1. The summed E-state index contributed by atoms with van der Waals surface area (Å²) in [5.41, 5.74) is -1.18. The van der Waals surface area contributed by atoms with Crippen LogP contribution in [-0.4, -0.2) is 59.9 Å². The average molecular weight is 469 g/mol. The number of guanidine groups is 1. The number of carbonyl (C=O) groups excluding carboxylic acids is 4. The summed E-state index contributed by atoms with van der Waals surface area (Å²) < 4.78 is 15.5. The van der Waals surface area contributed by atoms with E-state index in [-0.39, 0.29) is 24.9 Å². The molecule has 1 rings (SSSR count). The minimum Gasteiger partial charge on any atom is -0.463 e. The zero-order valence-electron chi connectivity index (χ0n) is 20.7. The van der Waals surface area contributed by atoms with Gasteiger partial charge in [0.2, 0.25) is 11.9 Å². The van der Waals surface area contributed by atoms with Gasteiger partial charge in [-0.2, -0.15) is 0 Å². The van der Waals surface area contributed by atoms with Crippen molar-refractivity contribution in [1.82, 2.24) is 16.0 Å². The summed E-state index contributed by atoms with van der Waals surface area (Å²) in [6, 6.07) is -1.03. The normalized spacial score (nSPS) is 19.0. The second-order valence-electron chi connectivity index (χ2n) is 9.52. The van der Waals surface area contributed by atoms with Gasteiger partial charge < -0.3 is 24.8 Å². The fraction of sp³-hybridized carbons (Fsp3) is 0.682. The SMILES string of the molecule is CCOC(=O)C1=CCC(NC(C)=O)[C@@H](N/C(=N/C(=O)OC(C)(C)C)NC(=O)OC(C)(C)C)C1. The standard InChI is InChI=1S/C22H36N4O7/c1-9-31-17(28)14-10-11-15(23-13(2)27)16(12-14)24-18(25-19(29)32-21(3,4)5)26-20(30)33-22(6,7)8/h10,15-16H,9,11-12H2,1-8H3,(H,23,27)(H2,24,25,26,29,30)/t15?,16-/m0/s1. The van der Waals surface area contributed by atoms with Gasteiger partial charge >= 0.3 is 18.2 Å². The highest BCUT2D eigenvalue weighted by molar-refractivity contribution is 5.99. The Labute approximate surface area is 194 Å². The first-order valence-corrected chi connectivity index (χ1v) is 10.8. The first kappa shape index (κ1) is 27.9. The van der Waals surface area contributed by atoms with Crippen molar-refractivity contribution in [3.63, 3.8) is 0 Å². The molecular formula is C22H36N4O7. The Balaban J connectivity index is 3.18. The number of hydrogen-bond donors (Lipinski definition) is 3. The van der Waals surface area contributed by atoms with Crippen LogP contribution in [0.1, 0.15) is 68.2 Å². The Bertz CT molecular complexity index is 807. The highest BCUT2D eigenvalue weighted by atomic mass is 16.6. The van der Waals surface area contributed by atoms with Crippen molar-refractivity contribution in [2.45, 2.75) is 91.5 Å². The number of rotatable bonds is 4. The molecule has 3 N–H and O–H groups in total. The Hall–Kier alpha value is -3.11. The number of amides is 3. The van der Waals surface area contributed by atoms with Crippen LogP contribution in [0.5, 0.6) is 0 Å². The quantitative estimate of drug-likeness (QED) is 0.247. The van der Waals surface area contributed by atoms with Crippen LogP contribution in [-0.2, 0) is 23.8 Å². The fourth-order valence-corrected chi connectivity index (χ4v) is 2.91. The lowest BCUT2D eigenvalue weighted by Gasteiger charge is -2.33. The Morgan fingerprint density at radius 2 is 1.61 bits per heavy atom. The zero-order valence-corrected chi connectivity index (χ0v) is 20.7. The summed E-state index contributed by atoms with van der Waals surface area (Å²) in [5.74, 6) is -0.981. The van der Waals surface area contributed by atoms with Gasteiger partial charge in [-0.25, -0.2) is 14.4 Å². The third-order valence-electron chi connectivity index (χ3n) is 4.01. The molecule has 0 radical (unpaired) electrons. The van der Waals surface area contributed by atoms with Crippen LogP contribution in [0.4, 0.5) is 9.59 Å². The van der Waals surface area contributed by atoms with Crippen molar-refractivity contribution in [3.05, 3.63) is 11.6 Å². The molecule has 33 heavy (non-hydrogen) atoms. The number of aliphatic imine (C=N–C) groups is 1. The van der Waals surface area contributed by atoms with Gasteiger partial charge in [-0.05, 0) is 54.9 Å². The van der Waals surface area contributed by atoms with Gasteiger partial charge in [0.1, 0.15) is 11.2 Å². The van der Waals surface area contributed by atoms with E-state index in [0.29, 0.717) is 12.0 Å². The van der Waals surface area contributed by atoms with Gasteiger partial charge in [-0.3, -0.25) is 10.1 Å². The Morgan fingerprint density at radius 1 is 1.00 bits per heavy atom. The largest absolute Gasteiger partial charge is 0.463 e. The molecule has 3 amide bonds. The number of esters is 1. The van der Waals surface area contributed by atoms with Gasteiger partial charge in [0.15, 0.2) is 0 Å². The molecular weight excluding hydrogens is 432 g/mol. The first-order valence-electron chi connectivity index (χ1n) is 10.8. The van der Waals surface area contributed by atoms with Crippen LogP contribution in [0.3, 0.4) is 0 Å². The lowest BCUT2D eigenvalue weighted by Crippen LogP contribution is -2.56. The van der Waals surface area contributed by atoms with E-state index in [4.69, 9.17) is 14.2 Å². The maximum atomic E-state index is 12.3. The van der Waals surface area contributed by atoms with Crippen LogP contribution in [0.15, 0.2) is 16.6 Å². The summed E-state index contributed by atoms with van der Waals surface area (Å²) in [6.07, 6.45) is 0.410. The molecule has 11 heteroatoms. The molecule has 1 aliphatic rings. The summed E-state index contributed by atoms with van der Waals surface area (Å²) in [4.78, 5) is 52.4. The molecule has 0 aromatic heterocycles. The second-order valence-corrected chi connectivity index (χ2v) is 9.52. The molecule has 0 aliphatic heterocycles. The number of alkyl carbamates (subject to hydrolysis) is 1. The predicted molar refractivity (Wildman–Crippen MR) is 122 cm³/mol. The third kappa shape index (κ3) is 11.4. The molecule has 1 aliphatic carbocycles.